The van der Waals surface area contributed by atoms with E-state index in [0.717, 1.165) is 0 Å². The monoisotopic (exact) mass is 272 g/mol. The van der Waals surface area contributed by atoms with Crippen LogP contribution in [-0.2, 0) is 0 Å². The van der Waals surface area contributed by atoms with Crippen LogP contribution in [0, 0.1) is 0 Å². The van der Waals surface area contributed by atoms with Crippen molar-refractivity contribution in [3.63, 3.8) is 0 Å². The topological polar surface area (TPSA) is 86.8 Å². The third kappa shape index (κ3) is 2.66. The van der Waals surface area contributed by atoms with Gasteiger partial charge in [0.05, 0.1) is 5.56 Å². The number of nitrogens with two attached hydrogens (primary N) is 1. The zero-order valence-electron chi connectivity index (χ0n) is 11.1. The van der Waals surface area contributed by atoms with Crippen LogP contribution in [-0.4, -0.2) is 22.7 Å². The summed E-state index contributed by atoms with van der Waals surface area (Å²) in [5.41, 5.74) is 6.88. The van der Waals surface area contributed by atoms with Gasteiger partial charge in [-0.25, -0.2) is 0 Å². The van der Waals surface area contributed by atoms with Crippen molar-refractivity contribution in [3.05, 3.63) is 48.0 Å². The number of carbonyl (C=O) groups is 1. The third-order valence-corrected chi connectivity index (χ3v) is 2.97. The second-order valence-electron chi connectivity index (χ2n) is 4.34. The first-order chi connectivity index (χ1) is 9.52. The zero-order chi connectivity index (χ0) is 14.7. The Morgan fingerprint density at radius 2 is 1.85 bits per heavy atom. The average Bonchev–Trinajstić information content (AvgIpc) is 2.42. The van der Waals surface area contributed by atoms with Crippen LogP contribution < -0.4 is 10.6 Å². The molecule has 4 N–H and O–H groups in total. The molecule has 5 nitrogen and oxygen atoms in total. The molecule has 0 bridgehead atoms. The van der Waals surface area contributed by atoms with E-state index in [1.165, 1.54) is 35.2 Å². The summed E-state index contributed by atoms with van der Waals surface area (Å²) in [5.74, 6) is -0.265. The lowest BCUT2D eigenvalue weighted by molar-refractivity contribution is 0.0989. The lowest BCUT2D eigenvalue weighted by Gasteiger charge is -2.22. The smallest absolute Gasteiger partial charge is 0.260 e. The highest BCUT2D eigenvalue weighted by molar-refractivity contribution is 6.09. The number of carbonyl (C=O) groups excluding carboxylic acids is 1. The maximum atomic E-state index is 12.5. The molecular weight excluding hydrogens is 256 g/mol. The summed E-state index contributed by atoms with van der Waals surface area (Å²) in [6, 6.07) is 10.7. The van der Waals surface area contributed by atoms with E-state index in [2.05, 4.69) is 0 Å². The van der Waals surface area contributed by atoms with Gasteiger partial charge in [-0.2, -0.15) is 0 Å². The van der Waals surface area contributed by atoms with Crippen LogP contribution in [0.3, 0.4) is 0 Å². The molecule has 1 amide bonds. The van der Waals surface area contributed by atoms with E-state index in [4.69, 9.17) is 5.73 Å². The molecule has 0 radical (unpaired) electrons. The van der Waals surface area contributed by atoms with Gasteiger partial charge in [0.15, 0.2) is 0 Å². The van der Waals surface area contributed by atoms with Crippen LogP contribution >= 0.6 is 0 Å². The van der Waals surface area contributed by atoms with Gasteiger partial charge in [0.25, 0.3) is 5.91 Å². The maximum absolute atomic E-state index is 12.5. The summed E-state index contributed by atoms with van der Waals surface area (Å²) in [4.78, 5) is 14.0. The van der Waals surface area contributed by atoms with Crippen molar-refractivity contribution in [1.29, 1.82) is 0 Å². The molecule has 0 aliphatic carbocycles. The normalized spacial score (nSPS) is 10.2. The molecule has 2 aromatic carbocycles. The molecule has 0 spiro atoms. The number of anilines is 2. The Labute approximate surface area is 116 Å². The van der Waals surface area contributed by atoms with Gasteiger partial charge >= 0.3 is 0 Å². The number of benzene rings is 2. The minimum atomic E-state index is -0.327. The molecule has 0 aliphatic heterocycles. The van der Waals surface area contributed by atoms with Gasteiger partial charge in [-0.3, -0.25) is 4.79 Å². The molecule has 20 heavy (non-hydrogen) atoms. The first-order valence-electron chi connectivity index (χ1n) is 6.22. The van der Waals surface area contributed by atoms with Crippen molar-refractivity contribution in [3.8, 4) is 11.5 Å². The van der Waals surface area contributed by atoms with Crippen molar-refractivity contribution >= 4 is 17.3 Å². The molecule has 2 aromatic rings. The van der Waals surface area contributed by atoms with Crippen molar-refractivity contribution in [2.24, 2.45) is 0 Å². The molecule has 0 fully saturated rings. The van der Waals surface area contributed by atoms with Crippen molar-refractivity contribution in [2.45, 2.75) is 6.92 Å². The Bertz CT molecular complexity index is 641. The highest BCUT2D eigenvalue weighted by atomic mass is 16.3. The van der Waals surface area contributed by atoms with E-state index >= 15 is 0 Å². The Hall–Kier alpha value is -2.69. The first kappa shape index (κ1) is 13.7. The van der Waals surface area contributed by atoms with E-state index in [9.17, 15) is 15.0 Å². The van der Waals surface area contributed by atoms with Crippen LogP contribution in [0.1, 0.15) is 17.3 Å². The first-order valence-corrected chi connectivity index (χ1v) is 6.22. The fraction of sp³-hybridized carbons (Fsp3) is 0.133. The number of rotatable bonds is 3. The quantitative estimate of drug-likeness (QED) is 0.591. The molecular formula is C15H16N2O3. The Balaban J connectivity index is 2.41. The molecule has 0 saturated carbocycles. The highest BCUT2D eigenvalue weighted by Gasteiger charge is 2.19. The molecule has 0 aliphatic rings. The van der Waals surface area contributed by atoms with Gasteiger partial charge in [-0.15, -0.1) is 0 Å². The molecule has 0 heterocycles. The molecule has 0 saturated heterocycles. The van der Waals surface area contributed by atoms with Crippen LogP contribution in [0.25, 0.3) is 0 Å². The predicted molar refractivity (Wildman–Crippen MR) is 78.0 cm³/mol. The summed E-state index contributed by atoms with van der Waals surface area (Å²) in [6.07, 6.45) is 0. The summed E-state index contributed by atoms with van der Waals surface area (Å²) in [6.45, 7) is 2.23. The average molecular weight is 272 g/mol. The summed E-state index contributed by atoms with van der Waals surface area (Å²) in [7, 11) is 0. The molecule has 0 unspecified atom stereocenters. The Kier molecular flexibility index (Phi) is 3.79. The third-order valence-electron chi connectivity index (χ3n) is 2.97. The van der Waals surface area contributed by atoms with Crippen LogP contribution in [0.5, 0.6) is 11.5 Å². The molecule has 0 atom stereocenters. The standard InChI is InChI=1S/C15H16N2O3/c1-2-17(10-4-3-5-11(18)8-10)15(20)13-9-12(19)6-7-14(13)16/h3-9,18-19H,2,16H2,1H3. The molecule has 5 heteroatoms. The number of phenolic OH excluding ortho intramolecular Hbond substituents is 2. The second-order valence-corrected chi connectivity index (χ2v) is 4.34. The number of phenols is 2. The number of nitrogen functional groups attached to an aromatic ring is 1. The van der Waals surface area contributed by atoms with Gasteiger partial charge in [0.2, 0.25) is 0 Å². The fourth-order valence-electron chi connectivity index (χ4n) is 1.98. The van der Waals surface area contributed by atoms with E-state index in [-0.39, 0.29) is 23.0 Å². The van der Waals surface area contributed by atoms with Gasteiger partial charge in [-0.1, -0.05) is 6.07 Å². The van der Waals surface area contributed by atoms with Crippen LogP contribution in [0.2, 0.25) is 0 Å². The SMILES string of the molecule is CCN(C(=O)c1cc(O)ccc1N)c1cccc(O)c1. The zero-order valence-corrected chi connectivity index (χ0v) is 11.1. The second kappa shape index (κ2) is 5.52. The molecule has 104 valence electrons. The van der Waals surface area contributed by atoms with Gasteiger partial charge < -0.3 is 20.8 Å². The number of nitrogens with zero attached hydrogens (tertiary/aromatic N) is 1. The van der Waals surface area contributed by atoms with Gasteiger partial charge in [0, 0.05) is 24.0 Å². The Morgan fingerprint density at radius 3 is 2.50 bits per heavy atom. The maximum Gasteiger partial charge on any atom is 0.260 e. The largest absolute Gasteiger partial charge is 0.508 e. The van der Waals surface area contributed by atoms with Crippen molar-refractivity contribution < 1.29 is 15.0 Å². The molecule has 0 aromatic heterocycles. The van der Waals surface area contributed by atoms with E-state index in [1.807, 2.05) is 6.92 Å². The number of amides is 1. The van der Waals surface area contributed by atoms with E-state index in [0.29, 0.717) is 17.9 Å². The van der Waals surface area contributed by atoms with E-state index < -0.39 is 0 Å². The minimum Gasteiger partial charge on any atom is -0.508 e. The van der Waals surface area contributed by atoms with Gasteiger partial charge in [0.1, 0.15) is 11.5 Å². The van der Waals surface area contributed by atoms with E-state index in [1.54, 1.807) is 12.1 Å². The Morgan fingerprint density at radius 1 is 1.15 bits per heavy atom. The highest BCUT2D eigenvalue weighted by Crippen LogP contribution is 2.25. The summed E-state index contributed by atoms with van der Waals surface area (Å²) in [5, 5.41) is 19.0. The minimum absolute atomic E-state index is 0.0190. The fourth-order valence-corrected chi connectivity index (χ4v) is 1.98. The predicted octanol–water partition coefficient (Wildman–Crippen LogP) is 2.35. The summed E-state index contributed by atoms with van der Waals surface area (Å²) >= 11 is 0. The lowest BCUT2D eigenvalue weighted by Crippen LogP contribution is -2.31. The lowest BCUT2D eigenvalue weighted by atomic mass is 10.1. The number of hydrogen-bond donors (Lipinski definition) is 3. The van der Waals surface area contributed by atoms with Crippen molar-refractivity contribution in [2.75, 3.05) is 17.2 Å². The summed E-state index contributed by atoms with van der Waals surface area (Å²) < 4.78 is 0. The van der Waals surface area contributed by atoms with Crippen LogP contribution in [0.4, 0.5) is 11.4 Å². The number of aromatic hydroxyl groups is 2. The molecule has 2 rings (SSSR count). The number of hydrogen-bond acceptors (Lipinski definition) is 4. The van der Waals surface area contributed by atoms with Crippen molar-refractivity contribution in [1.82, 2.24) is 0 Å². The van der Waals surface area contributed by atoms with Crippen LogP contribution in [0.15, 0.2) is 42.5 Å². The van der Waals surface area contributed by atoms with Gasteiger partial charge in [-0.05, 0) is 37.3 Å².